The first-order chi connectivity index (χ1) is 12.4. The summed E-state index contributed by atoms with van der Waals surface area (Å²) in [7, 11) is -4.03. The Bertz CT molecular complexity index is 474. The van der Waals surface area contributed by atoms with Crippen LogP contribution >= 0.6 is 0 Å². The van der Waals surface area contributed by atoms with Gasteiger partial charge in [0.05, 0.1) is 5.75 Å². The lowest BCUT2D eigenvalue weighted by atomic mass is 9.97. The lowest BCUT2D eigenvalue weighted by Crippen LogP contribution is -2.25. The zero-order valence-electron chi connectivity index (χ0n) is 16.5. The van der Waals surface area contributed by atoms with Crippen LogP contribution in [0.3, 0.4) is 0 Å². The minimum absolute atomic E-state index is 0.106. The van der Waals surface area contributed by atoms with Gasteiger partial charge >= 0.3 is 0 Å². The normalized spacial score (nSPS) is 13.3. The minimum Gasteiger partial charge on any atom is -0.369 e. The number of primary amides is 1. The predicted octanol–water partition coefficient (Wildman–Crippen LogP) is 5.01. The highest BCUT2D eigenvalue weighted by molar-refractivity contribution is 7.85. The molecule has 0 bridgehead atoms. The molecular weight excluding hydrogens is 350 g/mol. The monoisotopic (exact) mass is 389 g/mol. The summed E-state index contributed by atoms with van der Waals surface area (Å²) in [6.45, 7) is 2.24. The molecule has 0 aliphatic rings. The highest BCUT2D eigenvalue weighted by Crippen LogP contribution is 2.16. The van der Waals surface area contributed by atoms with E-state index in [1.807, 2.05) is 0 Å². The molecule has 5 nitrogen and oxygen atoms in total. The highest BCUT2D eigenvalue weighted by Gasteiger charge is 2.18. The van der Waals surface area contributed by atoms with Crippen molar-refractivity contribution in [2.75, 3.05) is 5.75 Å². The quantitative estimate of drug-likeness (QED) is 0.195. The Kier molecular flexibility index (Phi) is 15.8. The zero-order chi connectivity index (χ0) is 19.7. The summed E-state index contributed by atoms with van der Waals surface area (Å²) < 4.78 is 30.3. The van der Waals surface area contributed by atoms with Crippen molar-refractivity contribution >= 4 is 16.0 Å². The standard InChI is InChI=1S/C20H39NO4S/c1-2-3-4-5-6-7-8-9-10-11-12-13-14-15-16-19(20(21)22)17-18-26(23,24)25/h9-10,19H,2-8,11-18H2,1H3,(H2,21,22)(H,23,24,25)/b10-9-. The number of nitrogens with two attached hydrogens (primary N) is 1. The maximum Gasteiger partial charge on any atom is 0.264 e. The van der Waals surface area contributed by atoms with E-state index >= 15 is 0 Å². The van der Waals surface area contributed by atoms with Crippen LogP contribution < -0.4 is 5.73 Å². The van der Waals surface area contributed by atoms with Crippen molar-refractivity contribution in [2.45, 2.75) is 96.8 Å². The Balaban J connectivity index is 3.55. The fraction of sp³-hybridized carbons (Fsp3) is 0.850. The zero-order valence-corrected chi connectivity index (χ0v) is 17.3. The molecule has 26 heavy (non-hydrogen) atoms. The van der Waals surface area contributed by atoms with Crippen LogP contribution in [0, 0.1) is 5.92 Å². The number of carbonyl (C=O) groups is 1. The molecule has 154 valence electrons. The van der Waals surface area contributed by atoms with Crippen LogP contribution in [-0.2, 0) is 14.9 Å². The molecule has 0 radical (unpaired) electrons. The van der Waals surface area contributed by atoms with Gasteiger partial charge in [-0.25, -0.2) is 0 Å². The fourth-order valence-electron chi connectivity index (χ4n) is 3.00. The highest BCUT2D eigenvalue weighted by atomic mass is 32.2. The lowest BCUT2D eigenvalue weighted by Gasteiger charge is -2.11. The Hall–Kier alpha value is -0.880. The van der Waals surface area contributed by atoms with Crippen LogP contribution in [-0.4, -0.2) is 24.6 Å². The van der Waals surface area contributed by atoms with Gasteiger partial charge in [0.1, 0.15) is 0 Å². The molecule has 3 N–H and O–H groups in total. The van der Waals surface area contributed by atoms with Crippen molar-refractivity contribution in [2.24, 2.45) is 11.7 Å². The summed E-state index contributed by atoms with van der Waals surface area (Å²) in [4.78, 5) is 11.3. The maximum atomic E-state index is 11.3. The van der Waals surface area contributed by atoms with Crippen molar-refractivity contribution in [1.29, 1.82) is 0 Å². The first-order valence-electron chi connectivity index (χ1n) is 10.3. The van der Waals surface area contributed by atoms with E-state index in [4.69, 9.17) is 10.3 Å². The summed E-state index contributed by atoms with van der Waals surface area (Å²) in [5.74, 6) is -1.34. The van der Waals surface area contributed by atoms with Crippen molar-refractivity contribution in [3.8, 4) is 0 Å². The van der Waals surface area contributed by atoms with E-state index < -0.39 is 27.7 Å². The first-order valence-corrected chi connectivity index (χ1v) is 11.9. The molecule has 1 unspecified atom stereocenters. The van der Waals surface area contributed by atoms with Gasteiger partial charge in [0.25, 0.3) is 10.1 Å². The first kappa shape index (κ1) is 25.1. The van der Waals surface area contributed by atoms with Crippen LogP contribution in [0.4, 0.5) is 0 Å². The molecule has 0 saturated carbocycles. The van der Waals surface area contributed by atoms with Gasteiger partial charge in [-0.3, -0.25) is 9.35 Å². The molecule has 0 rings (SSSR count). The Morgan fingerprint density at radius 1 is 0.885 bits per heavy atom. The molecule has 0 fully saturated rings. The van der Waals surface area contributed by atoms with Gasteiger partial charge in [0, 0.05) is 5.92 Å². The molecule has 0 saturated heterocycles. The van der Waals surface area contributed by atoms with Gasteiger partial charge in [-0.1, -0.05) is 70.4 Å². The molecule has 0 aliphatic carbocycles. The maximum absolute atomic E-state index is 11.3. The molecule has 0 aromatic heterocycles. The van der Waals surface area contributed by atoms with E-state index in [9.17, 15) is 13.2 Å². The molecule has 0 spiro atoms. The lowest BCUT2D eigenvalue weighted by molar-refractivity contribution is -0.122. The summed E-state index contributed by atoms with van der Waals surface area (Å²) >= 11 is 0. The number of rotatable bonds is 18. The Morgan fingerprint density at radius 3 is 1.88 bits per heavy atom. The van der Waals surface area contributed by atoms with Crippen molar-refractivity contribution in [3.63, 3.8) is 0 Å². The van der Waals surface area contributed by atoms with Crippen molar-refractivity contribution in [3.05, 3.63) is 12.2 Å². The van der Waals surface area contributed by atoms with Gasteiger partial charge in [-0.05, 0) is 38.5 Å². The predicted molar refractivity (Wildman–Crippen MR) is 109 cm³/mol. The van der Waals surface area contributed by atoms with E-state index in [-0.39, 0.29) is 6.42 Å². The van der Waals surface area contributed by atoms with E-state index in [2.05, 4.69) is 19.1 Å². The third-order valence-corrected chi connectivity index (χ3v) is 5.44. The van der Waals surface area contributed by atoms with Crippen LogP contribution in [0.2, 0.25) is 0 Å². The third-order valence-electron chi connectivity index (χ3n) is 4.69. The van der Waals surface area contributed by atoms with Crippen LogP contribution in [0.15, 0.2) is 12.2 Å². The molecule has 1 atom stereocenters. The summed E-state index contributed by atoms with van der Waals surface area (Å²) in [6.07, 6.45) is 19.7. The number of amides is 1. The van der Waals surface area contributed by atoms with Crippen molar-refractivity contribution < 1.29 is 17.8 Å². The number of carbonyl (C=O) groups excluding carboxylic acids is 1. The largest absolute Gasteiger partial charge is 0.369 e. The molecule has 1 amide bonds. The summed E-state index contributed by atoms with van der Waals surface area (Å²) in [5.41, 5.74) is 5.30. The molecule has 6 heteroatoms. The molecule has 0 aromatic rings. The van der Waals surface area contributed by atoms with Crippen LogP contribution in [0.25, 0.3) is 0 Å². The smallest absolute Gasteiger partial charge is 0.264 e. The van der Waals surface area contributed by atoms with E-state index in [1.165, 1.54) is 44.9 Å². The number of allylic oxidation sites excluding steroid dienone is 2. The number of hydrogen-bond donors (Lipinski definition) is 2. The van der Waals surface area contributed by atoms with Gasteiger partial charge in [-0.2, -0.15) is 8.42 Å². The fourth-order valence-corrected chi connectivity index (χ4v) is 3.59. The Labute approximate surface area is 160 Å². The van der Waals surface area contributed by atoms with Crippen LogP contribution in [0.1, 0.15) is 96.8 Å². The average Bonchev–Trinajstić information content (AvgIpc) is 2.56. The summed E-state index contributed by atoms with van der Waals surface area (Å²) in [5, 5.41) is 0. The van der Waals surface area contributed by atoms with Crippen molar-refractivity contribution in [1.82, 2.24) is 0 Å². The molecular formula is C20H39NO4S. The average molecular weight is 390 g/mol. The van der Waals surface area contributed by atoms with Gasteiger partial charge in [0.15, 0.2) is 0 Å². The van der Waals surface area contributed by atoms with Gasteiger partial charge < -0.3 is 5.73 Å². The van der Waals surface area contributed by atoms with E-state index in [0.717, 1.165) is 32.1 Å². The number of unbranched alkanes of at least 4 members (excludes halogenated alkanes) is 10. The van der Waals surface area contributed by atoms with Gasteiger partial charge in [-0.15, -0.1) is 0 Å². The third kappa shape index (κ3) is 17.9. The second kappa shape index (κ2) is 16.3. The number of hydrogen-bond acceptors (Lipinski definition) is 3. The molecule has 0 aromatic carbocycles. The van der Waals surface area contributed by atoms with Gasteiger partial charge in [0.2, 0.25) is 5.91 Å². The summed E-state index contributed by atoms with van der Waals surface area (Å²) in [6, 6.07) is 0. The minimum atomic E-state index is -4.03. The molecule has 0 heterocycles. The Morgan fingerprint density at radius 2 is 1.38 bits per heavy atom. The van der Waals surface area contributed by atoms with E-state index in [1.54, 1.807) is 0 Å². The van der Waals surface area contributed by atoms with E-state index in [0.29, 0.717) is 6.42 Å². The topological polar surface area (TPSA) is 97.5 Å². The second-order valence-electron chi connectivity index (χ2n) is 7.19. The second-order valence-corrected chi connectivity index (χ2v) is 8.77. The van der Waals surface area contributed by atoms with Crippen LogP contribution in [0.5, 0.6) is 0 Å². The molecule has 0 aliphatic heterocycles. The SMILES string of the molecule is CCCCCCCC/C=C\CCCCCCC(CCS(=O)(=O)O)C(N)=O.